The van der Waals surface area contributed by atoms with Crippen LogP contribution in [0, 0.1) is 6.61 Å². The van der Waals surface area contributed by atoms with Gasteiger partial charge in [0.1, 0.15) is 12.7 Å². The predicted octanol–water partition coefficient (Wildman–Crippen LogP) is -0.407. The number of alkyl halides is 1. The molecular formula is C6H11FNO2. The number of rotatable bonds is 0. The van der Waals surface area contributed by atoms with E-state index in [4.69, 9.17) is 15.6 Å². The SMILES string of the molecule is C[C@H]1O[CH][C@H](F)[C@@H](O)[C@H]1N. The predicted molar refractivity (Wildman–Crippen MR) is 33.7 cm³/mol. The van der Waals surface area contributed by atoms with Gasteiger partial charge in [0.2, 0.25) is 0 Å². The summed E-state index contributed by atoms with van der Waals surface area (Å²) in [5.74, 6) is 0. The molecule has 0 spiro atoms. The van der Waals surface area contributed by atoms with Gasteiger partial charge in [0, 0.05) is 0 Å². The average molecular weight is 148 g/mol. The molecule has 0 aromatic rings. The van der Waals surface area contributed by atoms with Gasteiger partial charge in [-0.15, -0.1) is 0 Å². The van der Waals surface area contributed by atoms with Gasteiger partial charge in [-0.1, -0.05) is 0 Å². The molecule has 4 atom stereocenters. The van der Waals surface area contributed by atoms with E-state index < -0.39 is 18.3 Å². The summed E-state index contributed by atoms with van der Waals surface area (Å²) in [5, 5.41) is 9.01. The summed E-state index contributed by atoms with van der Waals surface area (Å²) in [6, 6.07) is -0.625. The number of nitrogens with two attached hydrogens (primary N) is 1. The molecule has 3 nitrogen and oxygen atoms in total. The van der Waals surface area contributed by atoms with Crippen molar-refractivity contribution in [3.63, 3.8) is 0 Å². The van der Waals surface area contributed by atoms with E-state index in [1.54, 1.807) is 6.92 Å². The van der Waals surface area contributed by atoms with Gasteiger partial charge < -0.3 is 15.6 Å². The van der Waals surface area contributed by atoms with E-state index >= 15 is 0 Å². The molecule has 3 N–H and O–H groups in total. The van der Waals surface area contributed by atoms with Crippen LogP contribution in [0.25, 0.3) is 0 Å². The molecule has 0 unspecified atom stereocenters. The van der Waals surface area contributed by atoms with Gasteiger partial charge in [0.15, 0.2) is 6.17 Å². The number of hydrogen-bond donors (Lipinski definition) is 2. The molecule has 0 aromatic heterocycles. The zero-order valence-electron chi connectivity index (χ0n) is 5.70. The Hall–Kier alpha value is -0.190. The Morgan fingerprint density at radius 2 is 2.30 bits per heavy atom. The van der Waals surface area contributed by atoms with Crippen LogP contribution in [0.5, 0.6) is 0 Å². The van der Waals surface area contributed by atoms with Gasteiger partial charge in [-0.25, -0.2) is 4.39 Å². The van der Waals surface area contributed by atoms with Crippen molar-refractivity contribution in [2.24, 2.45) is 5.73 Å². The van der Waals surface area contributed by atoms with Crippen molar-refractivity contribution in [2.75, 3.05) is 0 Å². The summed E-state index contributed by atoms with van der Waals surface area (Å²) in [7, 11) is 0. The first-order valence-corrected chi connectivity index (χ1v) is 3.19. The Balaban J connectivity index is 2.52. The van der Waals surface area contributed by atoms with Gasteiger partial charge in [0.05, 0.1) is 12.1 Å². The van der Waals surface area contributed by atoms with Crippen molar-refractivity contribution in [3.8, 4) is 0 Å². The Morgan fingerprint density at radius 1 is 1.70 bits per heavy atom. The van der Waals surface area contributed by atoms with E-state index in [0.29, 0.717) is 0 Å². The molecule has 1 saturated heterocycles. The topological polar surface area (TPSA) is 55.5 Å². The van der Waals surface area contributed by atoms with Gasteiger partial charge in [0.25, 0.3) is 0 Å². The summed E-state index contributed by atoms with van der Waals surface area (Å²) in [4.78, 5) is 0. The van der Waals surface area contributed by atoms with E-state index in [2.05, 4.69) is 0 Å². The lowest BCUT2D eigenvalue weighted by Gasteiger charge is -2.32. The van der Waals surface area contributed by atoms with Gasteiger partial charge >= 0.3 is 0 Å². The molecular weight excluding hydrogens is 137 g/mol. The molecule has 4 heteroatoms. The van der Waals surface area contributed by atoms with Crippen LogP contribution in [-0.4, -0.2) is 29.5 Å². The normalized spacial score (nSPS) is 49.2. The highest BCUT2D eigenvalue weighted by Crippen LogP contribution is 2.18. The molecule has 1 rings (SSSR count). The van der Waals surface area contributed by atoms with Crippen LogP contribution in [-0.2, 0) is 4.74 Å². The smallest absolute Gasteiger partial charge is 0.156 e. The molecule has 1 fully saturated rings. The summed E-state index contributed by atoms with van der Waals surface area (Å²) in [6.45, 7) is 2.68. The fourth-order valence-electron chi connectivity index (χ4n) is 0.860. The van der Waals surface area contributed by atoms with Crippen molar-refractivity contribution in [3.05, 3.63) is 6.61 Å². The van der Waals surface area contributed by atoms with Gasteiger partial charge in [-0.05, 0) is 6.92 Å². The molecule has 59 valence electrons. The second kappa shape index (κ2) is 2.82. The second-order valence-electron chi connectivity index (χ2n) is 2.49. The van der Waals surface area contributed by atoms with Crippen molar-refractivity contribution in [1.82, 2.24) is 0 Å². The molecule has 1 heterocycles. The summed E-state index contributed by atoms with van der Waals surface area (Å²) < 4.78 is 17.3. The number of aliphatic hydroxyl groups excluding tert-OH is 1. The molecule has 0 saturated carbocycles. The molecule has 1 aliphatic heterocycles. The number of hydrogen-bond acceptors (Lipinski definition) is 3. The number of halogens is 1. The molecule has 0 aromatic carbocycles. The quantitative estimate of drug-likeness (QED) is 0.491. The van der Waals surface area contributed by atoms with E-state index in [0.717, 1.165) is 6.61 Å². The largest absolute Gasteiger partial charge is 0.388 e. The molecule has 0 aliphatic carbocycles. The van der Waals surface area contributed by atoms with Crippen molar-refractivity contribution >= 4 is 0 Å². The first kappa shape index (κ1) is 7.91. The maximum atomic E-state index is 12.5. The Labute approximate surface area is 59.0 Å². The Morgan fingerprint density at radius 3 is 2.80 bits per heavy atom. The molecule has 10 heavy (non-hydrogen) atoms. The molecule has 1 aliphatic rings. The van der Waals surface area contributed by atoms with Crippen molar-refractivity contribution in [2.45, 2.75) is 31.3 Å². The Bertz CT molecular complexity index is 108. The number of aliphatic hydroxyl groups is 1. The van der Waals surface area contributed by atoms with E-state index in [-0.39, 0.29) is 6.10 Å². The second-order valence-corrected chi connectivity index (χ2v) is 2.49. The summed E-state index contributed by atoms with van der Waals surface area (Å²) >= 11 is 0. The van der Waals surface area contributed by atoms with E-state index in [9.17, 15) is 4.39 Å². The zero-order valence-corrected chi connectivity index (χ0v) is 5.70. The van der Waals surface area contributed by atoms with Crippen LogP contribution >= 0.6 is 0 Å². The van der Waals surface area contributed by atoms with Crippen LogP contribution in [0.4, 0.5) is 4.39 Å². The van der Waals surface area contributed by atoms with Gasteiger partial charge in [-0.2, -0.15) is 0 Å². The lowest BCUT2D eigenvalue weighted by Crippen LogP contribution is -2.53. The van der Waals surface area contributed by atoms with Gasteiger partial charge in [-0.3, -0.25) is 0 Å². The third-order valence-corrected chi connectivity index (χ3v) is 1.69. The standard InChI is InChI=1S/C6H11FNO2/c1-3-5(8)6(9)4(7)2-10-3/h2-6,9H,8H2,1H3/t3-,4+,5+,6-/m1/s1. The fourth-order valence-corrected chi connectivity index (χ4v) is 0.860. The van der Waals surface area contributed by atoms with Crippen LogP contribution in [0.1, 0.15) is 6.92 Å². The highest BCUT2D eigenvalue weighted by atomic mass is 19.1. The molecule has 1 radical (unpaired) electrons. The highest BCUT2D eigenvalue weighted by Gasteiger charge is 2.35. The lowest BCUT2D eigenvalue weighted by molar-refractivity contribution is -0.0638. The van der Waals surface area contributed by atoms with Crippen LogP contribution in [0.2, 0.25) is 0 Å². The zero-order chi connectivity index (χ0) is 7.72. The Kier molecular flexibility index (Phi) is 2.23. The number of ether oxygens (including phenoxy) is 1. The van der Waals surface area contributed by atoms with Crippen LogP contribution < -0.4 is 5.73 Å². The fraction of sp³-hybridized carbons (Fsp3) is 0.833. The van der Waals surface area contributed by atoms with Crippen LogP contribution in [0.15, 0.2) is 0 Å². The van der Waals surface area contributed by atoms with Crippen molar-refractivity contribution < 1.29 is 14.2 Å². The minimum absolute atomic E-state index is 0.304. The summed E-state index contributed by atoms with van der Waals surface area (Å²) in [5.41, 5.74) is 5.38. The first-order valence-electron chi connectivity index (χ1n) is 3.19. The minimum atomic E-state index is -1.45. The average Bonchev–Trinajstić information content (AvgIpc) is 1.93. The first-order chi connectivity index (χ1) is 4.63. The lowest BCUT2D eigenvalue weighted by atomic mass is 10.0. The highest BCUT2D eigenvalue weighted by molar-refractivity contribution is 4.92. The minimum Gasteiger partial charge on any atom is -0.388 e. The maximum absolute atomic E-state index is 12.5. The van der Waals surface area contributed by atoms with Crippen molar-refractivity contribution in [1.29, 1.82) is 0 Å². The summed E-state index contributed by atoms with van der Waals surface area (Å²) in [6.07, 6.45) is -2.88. The third kappa shape index (κ3) is 1.28. The van der Waals surface area contributed by atoms with E-state index in [1.165, 1.54) is 0 Å². The molecule has 0 amide bonds. The monoisotopic (exact) mass is 148 g/mol. The maximum Gasteiger partial charge on any atom is 0.156 e. The van der Waals surface area contributed by atoms with E-state index in [1.807, 2.05) is 0 Å². The molecule has 0 bridgehead atoms. The van der Waals surface area contributed by atoms with Crippen LogP contribution in [0.3, 0.4) is 0 Å². The third-order valence-electron chi connectivity index (χ3n) is 1.69.